The van der Waals surface area contributed by atoms with Crippen LogP contribution < -0.4 is 0 Å². The van der Waals surface area contributed by atoms with Crippen LogP contribution in [0.5, 0.6) is 0 Å². The Balaban J connectivity index is 2.89. The third kappa shape index (κ3) is 1.98. The summed E-state index contributed by atoms with van der Waals surface area (Å²) in [4.78, 5) is 0. The standard InChI is InChI=1S/C10H16N2O/c1-4-5-6-12-9(3)10(7-13)8(2)11-12/h4,13H,1,5-7H2,2-3H3. The van der Waals surface area contributed by atoms with E-state index in [2.05, 4.69) is 11.7 Å². The number of aliphatic hydroxyl groups is 1. The molecule has 0 unspecified atom stereocenters. The lowest BCUT2D eigenvalue weighted by molar-refractivity contribution is 0.280. The van der Waals surface area contributed by atoms with Crippen molar-refractivity contribution in [2.24, 2.45) is 0 Å². The SMILES string of the molecule is C=CCCn1nc(C)c(CO)c1C. The predicted octanol–water partition coefficient (Wildman–Crippen LogP) is 1.57. The second-order valence-corrected chi connectivity index (χ2v) is 3.11. The van der Waals surface area contributed by atoms with Crippen molar-refractivity contribution in [1.82, 2.24) is 9.78 Å². The van der Waals surface area contributed by atoms with E-state index >= 15 is 0 Å². The van der Waals surface area contributed by atoms with Gasteiger partial charge in [0.15, 0.2) is 0 Å². The maximum absolute atomic E-state index is 9.06. The molecule has 1 heterocycles. The number of aryl methyl sites for hydroxylation is 2. The minimum Gasteiger partial charge on any atom is -0.392 e. The number of rotatable bonds is 4. The third-order valence-corrected chi connectivity index (χ3v) is 2.23. The molecule has 0 spiro atoms. The molecule has 13 heavy (non-hydrogen) atoms. The summed E-state index contributed by atoms with van der Waals surface area (Å²) in [6, 6.07) is 0. The molecule has 3 heteroatoms. The molecule has 3 nitrogen and oxygen atoms in total. The van der Waals surface area contributed by atoms with Crippen LogP contribution in [0.2, 0.25) is 0 Å². The number of allylic oxidation sites excluding steroid dienone is 1. The van der Waals surface area contributed by atoms with Crippen molar-refractivity contribution in [2.45, 2.75) is 33.4 Å². The van der Waals surface area contributed by atoms with E-state index in [1.165, 1.54) is 0 Å². The molecule has 1 N–H and O–H groups in total. The summed E-state index contributed by atoms with van der Waals surface area (Å²) in [5.74, 6) is 0. The molecule has 0 saturated heterocycles. The van der Waals surface area contributed by atoms with Crippen LogP contribution in [0.25, 0.3) is 0 Å². The maximum Gasteiger partial charge on any atom is 0.0718 e. The molecule has 0 atom stereocenters. The van der Waals surface area contributed by atoms with Crippen LogP contribution in [0.1, 0.15) is 23.4 Å². The van der Waals surface area contributed by atoms with E-state index in [9.17, 15) is 0 Å². The first-order chi connectivity index (χ1) is 6.20. The van der Waals surface area contributed by atoms with Crippen molar-refractivity contribution >= 4 is 0 Å². The quantitative estimate of drug-likeness (QED) is 0.714. The molecule has 1 rings (SSSR count). The number of aliphatic hydroxyl groups excluding tert-OH is 1. The van der Waals surface area contributed by atoms with E-state index in [-0.39, 0.29) is 6.61 Å². The van der Waals surface area contributed by atoms with Crippen LogP contribution in [0.4, 0.5) is 0 Å². The van der Waals surface area contributed by atoms with Crippen molar-refractivity contribution < 1.29 is 5.11 Å². The van der Waals surface area contributed by atoms with Gasteiger partial charge in [-0.2, -0.15) is 5.10 Å². The fourth-order valence-corrected chi connectivity index (χ4v) is 1.39. The second-order valence-electron chi connectivity index (χ2n) is 3.11. The highest BCUT2D eigenvalue weighted by Crippen LogP contribution is 2.12. The lowest BCUT2D eigenvalue weighted by Crippen LogP contribution is -2.01. The third-order valence-electron chi connectivity index (χ3n) is 2.23. The Bertz CT molecular complexity index is 302. The van der Waals surface area contributed by atoms with Gasteiger partial charge in [0, 0.05) is 17.8 Å². The minimum atomic E-state index is 0.0752. The van der Waals surface area contributed by atoms with Gasteiger partial charge in [-0.05, 0) is 20.3 Å². The van der Waals surface area contributed by atoms with E-state index in [0.29, 0.717) is 0 Å². The highest BCUT2D eigenvalue weighted by molar-refractivity contribution is 5.23. The Morgan fingerprint density at radius 1 is 1.54 bits per heavy atom. The monoisotopic (exact) mass is 180 g/mol. The van der Waals surface area contributed by atoms with Gasteiger partial charge in [-0.15, -0.1) is 6.58 Å². The highest BCUT2D eigenvalue weighted by Gasteiger charge is 2.08. The van der Waals surface area contributed by atoms with Crippen molar-refractivity contribution in [3.05, 3.63) is 29.6 Å². The zero-order chi connectivity index (χ0) is 9.84. The summed E-state index contributed by atoms with van der Waals surface area (Å²) < 4.78 is 1.92. The first kappa shape index (κ1) is 9.99. The molecule has 0 amide bonds. The number of aromatic nitrogens is 2. The van der Waals surface area contributed by atoms with E-state index < -0.39 is 0 Å². The van der Waals surface area contributed by atoms with Gasteiger partial charge in [0.25, 0.3) is 0 Å². The first-order valence-electron chi connectivity index (χ1n) is 4.45. The molecule has 0 fully saturated rings. The van der Waals surface area contributed by atoms with Crippen LogP contribution in [-0.4, -0.2) is 14.9 Å². The van der Waals surface area contributed by atoms with Crippen molar-refractivity contribution in [1.29, 1.82) is 0 Å². The zero-order valence-corrected chi connectivity index (χ0v) is 8.25. The van der Waals surface area contributed by atoms with Crippen LogP contribution in [0.15, 0.2) is 12.7 Å². The van der Waals surface area contributed by atoms with Gasteiger partial charge in [0.2, 0.25) is 0 Å². The minimum absolute atomic E-state index is 0.0752. The topological polar surface area (TPSA) is 38.0 Å². The van der Waals surface area contributed by atoms with Crippen molar-refractivity contribution in [3.8, 4) is 0 Å². The van der Waals surface area contributed by atoms with Crippen LogP contribution >= 0.6 is 0 Å². The fraction of sp³-hybridized carbons (Fsp3) is 0.500. The molecule has 0 saturated carbocycles. The Labute approximate surface area is 78.7 Å². The van der Waals surface area contributed by atoms with E-state index in [4.69, 9.17) is 5.11 Å². The Morgan fingerprint density at radius 3 is 2.69 bits per heavy atom. The van der Waals surface area contributed by atoms with E-state index in [1.807, 2.05) is 24.6 Å². The van der Waals surface area contributed by atoms with E-state index in [0.717, 1.165) is 29.9 Å². The summed E-state index contributed by atoms with van der Waals surface area (Å²) in [6.45, 7) is 8.48. The lowest BCUT2D eigenvalue weighted by atomic mass is 10.2. The Hall–Kier alpha value is -1.09. The van der Waals surface area contributed by atoms with Gasteiger partial charge in [0.1, 0.15) is 0 Å². The molecule has 0 aliphatic heterocycles. The number of nitrogens with zero attached hydrogens (tertiary/aromatic N) is 2. The first-order valence-corrected chi connectivity index (χ1v) is 4.45. The van der Waals surface area contributed by atoms with Gasteiger partial charge >= 0.3 is 0 Å². The second kappa shape index (κ2) is 4.23. The molecule has 1 aromatic rings. The lowest BCUT2D eigenvalue weighted by Gasteiger charge is -2.01. The zero-order valence-electron chi connectivity index (χ0n) is 8.25. The average molecular weight is 180 g/mol. The van der Waals surface area contributed by atoms with Crippen molar-refractivity contribution in [3.63, 3.8) is 0 Å². The van der Waals surface area contributed by atoms with Crippen molar-refractivity contribution in [2.75, 3.05) is 0 Å². The Morgan fingerprint density at radius 2 is 2.23 bits per heavy atom. The molecule has 0 aliphatic carbocycles. The molecule has 72 valence electrons. The Kier molecular flexibility index (Phi) is 3.25. The van der Waals surface area contributed by atoms with Gasteiger partial charge in [0.05, 0.1) is 12.3 Å². The van der Waals surface area contributed by atoms with Gasteiger partial charge in [-0.1, -0.05) is 6.08 Å². The smallest absolute Gasteiger partial charge is 0.0718 e. The molecule has 1 aromatic heterocycles. The van der Waals surface area contributed by atoms with Gasteiger partial charge in [-0.3, -0.25) is 4.68 Å². The van der Waals surface area contributed by atoms with E-state index in [1.54, 1.807) is 0 Å². The molecular formula is C10H16N2O. The van der Waals surface area contributed by atoms with Gasteiger partial charge in [-0.25, -0.2) is 0 Å². The molecule has 0 aromatic carbocycles. The number of hydrogen-bond donors (Lipinski definition) is 1. The summed E-state index contributed by atoms with van der Waals surface area (Å²) in [6.07, 6.45) is 2.78. The molecule has 0 aliphatic rings. The fourth-order valence-electron chi connectivity index (χ4n) is 1.39. The number of hydrogen-bond acceptors (Lipinski definition) is 2. The summed E-state index contributed by atoms with van der Waals surface area (Å²) >= 11 is 0. The summed E-state index contributed by atoms with van der Waals surface area (Å²) in [7, 11) is 0. The molecular weight excluding hydrogens is 164 g/mol. The molecule has 0 bridgehead atoms. The van der Waals surface area contributed by atoms with Gasteiger partial charge < -0.3 is 5.11 Å². The molecule has 0 radical (unpaired) electrons. The predicted molar refractivity (Wildman–Crippen MR) is 52.4 cm³/mol. The maximum atomic E-state index is 9.06. The largest absolute Gasteiger partial charge is 0.392 e. The van der Waals surface area contributed by atoms with Crippen LogP contribution in [-0.2, 0) is 13.2 Å². The highest BCUT2D eigenvalue weighted by atomic mass is 16.3. The average Bonchev–Trinajstić information content (AvgIpc) is 2.38. The van der Waals surface area contributed by atoms with Crippen LogP contribution in [0.3, 0.4) is 0 Å². The normalized spacial score (nSPS) is 10.4. The summed E-state index contributed by atoms with van der Waals surface area (Å²) in [5.41, 5.74) is 2.93. The van der Waals surface area contributed by atoms with Crippen LogP contribution in [0, 0.1) is 13.8 Å². The summed E-state index contributed by atoms with van der Waals surface area (Å²) in [5, 5.41) is 13.4.